The third kappa shape index (κ3) is 6.18. The molecule has 1 saturated heterocycles. The molecule has 2 aromatic rings. The molecule has 177 valence electrons. The molecule has 0 bridgehead atoms. The number of piperazine rings is 1. The third-order valence-electron chi connectivity index (χ3n) is 6.00. The van der Waals surface area contributed by atoms with E-state index in [-0.39, 0.29) is 5.28 Å². The fourth-order valence-electron chi connectivity index (χ4n) is 4.00. The molecule has 0 spiro atoms. The predicted molar refractivity (Wildman–Crippen MR) is 144 cm³/mol. The maximum absolute atomic E-state index is 6.24. The Morgan fingerprint density at radius 3 is 2.79 bits per heavy atom. The van der Waals surface area contributed by atoms with Crippen molar-refractivity contribution in [2.45, 2.75) is 31.9 Å². The predicted octanol–water partition coefficient (Wildman–Crippen LogP) is 4.49. The van der Waals surface area contributed by atoms with Crippen LogP contribution in [0.1, 0.15) is 30.8 Å². The lowest BCUT2D eigenvalue weighted by Crippen LogP contribution is -2.45. The van der Waals surface area contributed by atoms with Gasteiger partial charge in [-0.2, -0.15) is 10.1 Å². The number of aromatic nitrogens is 4. The van der Waals surface area contributed by atoms with Gasteiger partial charge < -0.3 is 15.1 Å². The summed E-state index contributed by atoms with van der Waals surface area (Å²) in [5.41, 5.74) is 4.13. The highest BCUT2D eigenvalue weighted by Gasteiger charge is 2.20. The van der Waals surface area contributed by atoms with Crippen molar-refractivity contribution >= 4 is 48.6 Å². The number of likely N-dealkylation sites (N-methyl/N-ethyl adjacent to an activating group) is 1. The summed E-state index contributed by atoms with van der Waals surface area (Å²) in [6.07, 6.45) is 15.9. The standard InChI is InChI=1S/C25H32BClN7/c1-4-7-19-16-23(32-31-19)29-24-20(5-2)21(11-10-18-8-6-9-22(27)26-17-18)28-25(30-24)34-14-12-33(3)13-15-34/h4,6-11,16,22H,5,12-15,17H2,1-3H3,(H2,28,29,30,31,32)/b7-4+,11-10+. The van der Waals surface area contributed by atoms with E-state index >= 15 is 0 Å². The highest BCUT2D eigenvalue weighted by molar-refractivity contribution is 6.55. The van der Waals surface area contributed by atoms with Crippen LogP contribution in [0, 0.1) is 0 Å². The molecule has 0 saturated carbocycles. The van der Waals surface area contributed by atoms with E-state index in [9.17, 15) is 0 Å². The molecule has 2 aliphatic heterocycles. The number of H-pyrrole nitrogens is 1. The molecule has 2 aromatic heterocycles. The Balaban J connectivity index is 1.68. The molecule has 2 N–H and O–H groups in total. The Morgan fingerprint density at radius 1 is 1.21 bits per heavy atom. The normalized spacial score (nSPS) is 19.5. The number of alkyl halides is 1. The zero-order valence-corrected chi connectivity index (χ0v) is 20.9. The zero-order valence-electron chi connectivity index (χ0n) is 20.1. The first kappa shape index (κ1) is 24.3. The minimum absolute atomic E-state index is 0.0339. The molecule has 7 nitrogen and oxygen atoms in total. The van der Waals surface area contributed by atoms with Crippen LogP contribution in [-0.4, -0.2) is 70.8 Å². The van der Waals surface area contributed by atoms with Gasteiger partial charge in [0.05, 0.1) is 11.4 Å². The number of nitrogens with one attached hydrogen (secondary N) is 2. The lowest BCUT2D eigenvalue weighted by Gasteiger charge is -2.33. The fraction of sp³-hybridized carbons (Fsp3) is 0.400. The second kappa shape index (κ2) is 11.5. The number of hydrogen-bond donors (Lipinski definition) is 2. The van der Waals surface area contributed by atoms with Gasteiger partial charge in [0.2, 0.25) is 5.95 Å². The van der Waals surface area contributed by atoms with Gasteiger partial charge in [0, 0.05) is 43.1 Å². The van der Waals surface area contributed by atoms with Gasteiger partial charge in [0.25, 0.3) is 0 Å². The quantitative estimate of drug-likeness (QED) is 0.453. The van der Waals surface area contributed by atoms with Crippen LogP contribution in [0.25, 0.3) is 12.2 Å². The SMILES string of the molecule is C/C=C/c1cc(Nc2nc(N3CCN(C)CC3)nc(/C=C/C3=CC=CC(Cl)[B]C3)c2CC)n[nH]1. The van der Waals surface area contributed by atoms with E-state index in [1.54, 1.807) is 0 Å². The van der Waals surface area contributed by atoms with Crippen molar-refractivity contribution in [2.24, 2.45) is 0 Å². The van der Waals surface area contributed by atoms with E-state index in [1.807, 2.05) is 37.3 Å². The number of halogens is 1. The molecular weight excluding hydrogens is 445 g/mol. The van der Waals surface area contributed by atoms with Crippen LogP contribution < -0.4 is 10.2 Å². The fourth-order valence-corrected chi connectivity index (χ4v) is 4.18. The van der Waals surface area contributed by atoms with Crippen molar-refractivity contribution in [2.75, 3.05) is 43.4 Å². The van der Waals surface area contributed by atoms with Crippen LogP contribution in [0.4, 0.5) is 17.6 Å². The molecule has 1 radical (unpaired) electrons. The van der Waals surface area contributed by atoms with Gasteiger partial charge in [-0.15, -0.1) is 11.6 Å². The largest absolute Gasteiger partial charge is 0.338 e. The van der Waals surface area contributed by atoms with Gasteiger partial charge in [0.1, 0.15) is 13.1 Å². The molecule has 1 atom stereocenters. The first-order chi connectivity index (χ1) is 16.6. The first-order valence-corrected chi connectivity index (χ1v) is 12.3. The van der Waals surface area contributed by atoms with Crippen LogP contribution in [0.3, 0.4) is 0 Å². The average Bonchev–Trinajstić information content (AvgIpc) is 3.16. The average molecular weight is 477 g/mol. The summed E-state index contributed by atoms with van der Waals surface area (Å²) in [5.74, 6) is 2.28. The molecule has 1 fully saturated rings. The molecular formula is C25H32BClN7. The van der Waals surface area contributed by atoms with E-state index < -0.39 is 0 Å². The molecule has 9 heteroatoms. The molecule has 0 aromatic carbocycles. The second-order valence-electron chi connectivity index (χ2n) is 8.56. The Hall–Kier alpha value is -2.84. The Bertz CT molecular complexity index is 1100. The van der Waals surface area contributed by atoms with Crippen molar-refractivity contribution in [1.29, 1.82) is 0 Å². The van der Waals surface area contributed by atoms with Gasteiger partial charge in [-0.25, -0.2) is 4.98 Å². The maximum Gasteiger partial charge on any atom is 0.227 e. The molecule has 34 heavy (non-hydrogen) atoms. The summed E-state index contributed by atoms with van der Waals surface area (Å²) in [6.45, 7) is 7.91. The minimum atomic E-state index is -0.0339. The number of anilines is 3. The number of hydrogen-bond acceptors (Lipinski definition) is 6. The Kier molecular flexibility index (Phi) is 8.24. The van der Waals surface area contributed by atoms with Crippen LogP contribution in [0.15, 0.2) is 42.0 Å². The van der Waals surface area contributed by atoms with Gasteiger partial charge in [-0.05, 0) is 32.5 Å². The van der Waals surface area contributed by atoms with Gasteiger partial charge in [-0.1, -0.05) is 49.2 Å². The molecule has 1 unspecified atom stereocenters. The van der Waals surface area contributed by atoms with E-state index in [2.05, 4.69) is 64.8 Å². The highest BCUT2D eigenvalue weighted by Crippen LogP contribution is 2.27. The van der Waals surface area contributed by atoms with E-state index in [0.29, 0.717) is 0 Å². The Morgan fingerprint density at radius 2 is 2.03 bits per heavy atom. The number of aromatic amines is 1. The second-order valence-corrected chi connectivity index (χ2v) is 9.06. The van der Waals surface area contributed by atoms with Gasteiger partial charge in [-0.3, -0.25) is 5.10 Å². The molecule has 4 rings (SSSR count). The van der Waals surface area contributed by atoms with E-state index in [0.717, 1.165) is 73.5 Å². The third-order valence-corrected chi connectivity index (χ3v) is 6.32. The van der Waals surface area contributed by atoms with Crippen LogP contribution in [0.5, 0.6) is 0 Å². The van der Waals surface area contributed by atoms with Crippen LogP contribution in [-0.2, 0) is 6.42 Å². The smallest absolute Gasteiger partial charge is 0.227 e. The van der Waals surface area contributed by atoms with Crippen molar-refractivity contribution in [1.82, 2.24) is 25.1 Å². The molecule has 2 aliphatic rings. The summed E-state index contributed by atoms with van der Waals surface area (Å²) in [4.78, 5) is 14.5. The van der Waals surface area contributed by atoms with Gasteiger partial charge >= 0.3 is 0 Å². The maximum atomic E-state index is 6.24. The lowest BCUT2D eigenvalue weighted by atomic mass is 9.69. The van der Waals surface area contributed by atoms with Crippen LogP contribution >= 0.6 is 11.6 Å². The summed E-state index contributed by atoms with van der Waals surface area (Å²) < 4.78 is 0. The number of allylic oxidation sites excluding steroid dienone is 6. The van der Waals surface area contributed by atoms with Crippen molar-refractivity contribution in [3.05, 3.63) is 59.0 Å². The summed E-state index contributed by atoms with van der Waals surface area (Å²) in [6, 6.07) is 1.98. The summed E-state index contributed by atoms with van der Waals surface area (Å²) >= 11 is 6.24. The number of rotatable bonds is 7. The van der Waals surface area contributed by atoms with Crippen molar-refractivity contribution in [3.63, 3.8) is 0 Å². The minimum Gasteiger partial charge on any atom is -0.338 e. The highest BCUT2D eigenvalue weighted by atomic mass is 35.5. The molecule has 0 amide bonds. The number of nitrogens with zero attached hydrogens (tertiary/aromatic N) is 5. The topological polar surface area (TPSA) is 73.0 Å². The van der Waals surface area contributed by atoms with Crippen LogP contribution in [0.2, 0.25) is 6.32 Å². The molecule has 4 heterocycles. The van der Waals surface area contributed by atoms with E-state index in [1.165, 1.54) is 5.57 Å². The summed E-state index contributed by atoms with van der Waals surface area (Å²) in [7, 11) is 4.25. The van der Waals surface area contributed by atoms with Gasteiger partial charge in [0.15, 0.2) is 5.82 Å². The van der Waals surface area contributed by atoms with Crippen molar-refractivity contribution in [3.8, 4) is 0 Å². The zero-order chi connectivity index (χ0) is 23.9. The van der Waals surface area contributed by atoms with E-state index in [4.69, 9.17) is 21.6 Å². The molecule has 0 aliphatic carbocycles. The Labute approximate surface area is 207 Å². The van der Waals surface area contributed by atoms with Crippen molar-refractivity contribution < 1.29 is 0 Å². The summed E-state index contributed by atoms with van der Waals surface area (Å²) in [5, 5.41) is 10.8. The lowest BCUT2D eigenvalue weighted by molar-refractivity contribution is 0.311. The first-order valence-electron chi connectivity index (χ1n) is 11.9. The monoisotopic (exact) mass is 476 g/mol.